The van der Waals surface area contributed by atoms with Crippen molar-refractivity contribution in [3.63, 3.8) is 0 Å². The smallest absolute Gasteiger partial charge is 0.227 e. The molecule has 1 fully saturated rings. The molecule has 0 aliphatic carbocycles. The number of carbonyl (C=O) groups excluding carboxylic acids is 1. The summed E-state index contributed by atoms with van der Waals surface area (Å²) in [5.74, 6) is 0.401. The summed E-state index contributed by atoms with van der Waals surface area (Å²) in [6, 6.07) is 14.5. The molecule has 1 atom stereocenters. The summed E-state index contributed by atoms with van der Waals surface area (Å²) in [4.78, 5) is 18.5. The Hall–Kier alpha value is -2.73. The molecule has 4 rings (SSSR count). The van der Waals surface area contributed by atoms with Gasteiger partial charge in [-0.05, 0) is 36.6 Å². The maximum absolute atomic E-state index is 13.4. The van der Waals surface area contributed by atoms with Gasteiger partial charge in [-0.1, -0.05) is 47.1 Å². The van der Waals surface area contributed by atoms with Gasteiger partial charge in [-0.25, -0.2) is 4.39 Å². The van der Waals surface area contributed by atoms with E-state index in [0.29, 0.717) is 30.4 Å². The van der Waals surface area contributed by atoms with E-state index in [4.69, 9.17) is 16.1 Å². The first-order valence-corrected chi connectivity index (χ1v) is 9.60. The summed E-state index contributed by atoms with van der Waals surface area (Å²) in [5.41, 5.74) is 1.85. The third kappa shape index (κ3) is 4.07. The summed E-state index contributed by atoms with van der Waals surface area (Å²) in [6.45, 7) is 0.420. The Balaban J connectivity index is 1.37. The molecular formula is C21H19ClFN3O2. The lowest BCUT2D eigenvalue weighted by Gasteiger charge is -2.16. The van der Waals surface area contributed by atoms with E-state index in [9.17, 15) is 9.18 Å². The highest BCUT2D eigenvalue weighted by Crippen LogP contribution is 2.32. The number of amides is 1. The van der Waals surface area contributed by atoms with Crippen LogP contribution in [0.25, 0.3) is 0 Å². The molecule has 5 nitrogen and oxygen atoms in total. The van der Waals surface area contributed by atoms with Crippen LogP contribution in [0.3, 0.4) is 0 Å². The highest BCUT2D eigenvalue weighted by Gasteiger charge is 2.34. The molecule has 0 radical (unpaired) electrons. The monoisotopic (exact) mass is 399 g/mol. The Morgan fingerprint density at radius 3 is 2.79 bits per heavy atom. The van der Waals surface area contributed by atoms with Crippen molar-refractivity contribution >= 4 is 23.2 Å². The van der Waals surface area contributed by atoms with Crippen LogP contribution < -0.4 is 4.90 Å². The molecule has 1 saturated heterocycles. The summed E-state index contributed by atoms with van der Waals surface area (Å²) >= 11 is 5.84. The molecular weight excluding hydrogens is 381 g/mol. The van der Waals surface area contributed by atoms with Gasteiger partial charge in [0.1, 0.15) is 5.82 Å². The van der Waals surface area contributed by atoms with Crippen molar-refractivity contribution in [2.24, 2.45) is 0 Å². The fourth-order valence-corrected chi connectivity index (χ4v) is 3.58. The summed E-state index contributed by atoms with van der Waals surface area (Å²) in [6.07, 6.45) is 2.84. The zero-order chi connectivity index (χ0) is 19.5. The standard InChI is InChI=1S/C21H19ClFN3O2/c22-17-12-16(9-10-18(17)23)26-13-15(11-20(26)27)21-24-19(28-25-21)8-4-7-14-5-2-1-3-6-14/h1-3,5-6,9-10,12,15H,4,7-8,11,13H2/t15-/m1/s1. The van der Waals surface area contributed by atoms with E-state index in [-0.39, 0.29) is 23.3 Å². The average Bonchev–Trinajstić information content (AvgIpc) is 3.32. The van der Waals surface area contributed by atoms with E-state index in [1.807, 2.05) is 18.2 Å². The van der Waals surface area contributed by atoms with Crippen LogP contribution >= 0.6 is 11.6 Å². The molecule has 144 valence electrons. The molecule has 0 bridgehead atoms. The fraction of sp³-hybridized carbons (Fsp3) is 0.286. The minimum atomic E-state index is -0.507. The van der Waals surface area contributed by atoms with Gasteiger partial charge in [-0.15, -0.1) is 0 Å². The van der Waals surface area contributed by atoms with Gasteiger partial charge in [0.15, 0.2) is 5.82 Å². The Morgan fingerprint density at radius 1 is 1.18 bits per heavy atom. The van der Waals surface area contributed by atoms with Gasteiger partial charge >= 0.3 is 0 Å². The molecule has 0 saturated carbocycles. The zero-order valence-electron chi connectivity index (χ0n) is 15.1. The molecule has 2 heterocycles. The topological polar surface area (TPSA) is 59.2 Å². The SMILES string of the molecule is O=C1C[C@@H](c2noc(CCCc3ccccc3)n2)CN1c1ccc(F)c(Cl)c1. The van der Waals surface area contributed by atoms with E-state index in [0.717, 1.165) is 12.8 Å². The Bertz CT molecular complexity index is 977. The van der Waals surface area contributed by atoms with Crippen LogP contribution in [0.1, 0.15) is 36.0 Å². The normalized spacial score (nSPS) is 16.7. The highest BCUT2D eigenvalue weighted by atomic mass is 35.5. The number of rotatable bonds is 6. The molecule has 1 amide bonds. The Labute approximate surface area is 167 Å². The minimum Gasteiger partial charge on any atom is -0.339 e. The van der Waals surface area contributed by atoms with Crippen LogP contribution in [0, 0.1) is 5.82 Å². The fourth-order valence-electron chi connectivity index (χ4n) is 3.41. The molecule has 0 unspecified atom stereocenters. The minimum absolute atomic E-state index is 0.00554. The van der Waals surface area contributed by atoms with Crippen molar-refractivity contribution in [1.82, 2.24) is 10.1 Å². The number of anilines is 1. The number of aryl methyl sites for hydroxylation is 2. The van der Waals surface area contributed by atoms with Crippen molar-refractivity contribution in [2.45, 2.75) is 31.6 Å². The van der Waals surface area contributed by atoms with E-state index < -0.39 is 5.82 Å². The largest absolute Gasteiger partial charge is 0.339 e. The molecule has 0 N–H and O–H groups in total. The van der Waals surface area contributed by atoms with Crippen molar-refractivity contribution in [3.8, 4) is 0 Å². The van der Waals surface area contributed by atoms with Gasteiger partial charge in [0.2, 0.25) is 11.8 Å². The number of halogens is 2. The lowest BCUT2D eigenvalue weighted by Crippen LogP contribution is -2.24. The number of aromatic nitrogens is 2. The zero-order valence-corrected chi connectivity index (χ0v) is 15.9. The average molecular weight is 400 g/mol. The number of carbonyl (C=O) groups is 1. The second-order valence-corrected chi connectivity index (χ2v) is 7.30. The molecule has 1 aromatic heterocycles. The third-order valence-corrected chi connectivity index (χ3v) is 5.18. The highest BCUT2D eigenvalue weighted by molar-refractivity contribution is 6.31. The van der Waals surface area contributed by atoms with Crippen LogP contribution in [0.5, 0.6) is 0 Å². The third-order valence-electron chi connectivity index (χ3n) is 4.89. The molecule has 1 aliphatic heterocycles. The van der Waals surface area contributed by atoms with Gasteiger partial charge in [-0.3, -0.25) is 4.79 Å². The first-order valence-electron chi connectivity index (χ1n) is 9.22. The Kier molecular flexibility index (Phi) is 5.39. The summed E-state index contributed by atoms with van der Waals surface area (Å²) in [7, 11) is 0. The molecule has 28 heavy (non-hydrogen) atoms. The molecule has 3 aromatic rings. The van der Waals surface area contributed by atoms with Crippen LogP contribution in [-0.4, -0.2) is 22.6 Å². The van der Waals surface area contributed by atoms with E-state index >= 15 is 0 Å². The number of hydrogen-bond acceptors (Lipinski definition) is 4. The number of nitrogens with zero attached hydrogens (tertiary/aromatic N) is 3. The maximum atomic E-state index is 13.4. The van der Waals surface area contributed by atoms with Crippen molar-refractivity contribution in [1.29, 1.82) is 0 Å². The number of benzene rings is 2. The summed E-state index contributed by atoms with van der Waals surface area (Å²) < 4.78 is 18.7. The first-order chi connectivity index (χ1) is 13.6. The van der Waals surface area contributed by atoms with E-state index in [1.165, 1.54) is 17.7 Å². The van der Waals surface area contributed by atoms with E-state index in [1.54, 1.807) is 11.0 Å². The van der Waals surface area contributed by atoms with Crippen LogP contribution in [0.2, 0.25) is 5.02 Å². The summed E-state index contributed by atoms with van der Waals surface area (Å²) in [5, 5.41) is 4.06. The van der Waals surface area contributed by atoms with Crippen LogP contribution in [0.4, 0.5) is 10.1 Å². The Morgan fingerprint density at radius 2 is 2.00 bits per heavy atom. The lowest BCUT2D eigenvalue weighted by molar-refractivity contribution is -0.117. The van der Waals surface area contributed by atoms with Crippen molar-refractivity contribution < 1.29 is 13.7 Å². The second-order valence-electron chi connectivity index (χ2n) is 6.89. The quantitative estimate of drug-likeness (QED) is 0.609. The molecule has 2 aromatic carbocycles. The van der Waals surface area contributed by atoms with Gasteiger partial charge in [-0.2, -0.15) is 4.98 Å². The van der Waals surface area contributed by atoms with E-state index in [2.05, 4.69) is 22.3 Å². The van der Waals surface area contributed by atoms with Gasteiger partial charge < -0.3 is 9.42 Å². The predicted octanol–water partition coefficient (Wildman–Crippen LogP) is 4.56. The maximum Gasteiger partial charge on any atom is 0.227 e. The van der Waals surface area contributed by atoms with Crippen molar-refractivity contribution in [3.05, 3.63) is 76.6 Å². The number of hydrogen-bond donors (Lipinski definition) is 0. The van der Waals surface area contributed by atoms with Crippen molar-refractivity contribution in [2.75, 3.05) is 11.4 Å². The predicted molar refractivity (Wildman–Crippen MR) is 104 cm³/mol. The van der Waals surface area contributed by atoms with Gasteiger partial charge in [0, 0.05) is 31.0 Å². The van der Waals surface area contributed by atoms with Gasteiger partial charge in [0.05, 0.1) is 5.02 Å². The van der Waals surface area contributed by atoms with Crippen LogP contribution in [-0.2, 0) is 17.6 Å². The molecule has 1 aliphatic rings. The lowest BCUT2D eigenvalue weighted by atomic mass is 10.1. The van der Waals surface area contributed by atoms with Gasteiger partial charge in [0.25, 0.3) is 0 Å². The molecule has 0 spiro atoms. The first kappa shape index (κ1) is 18.6. The molecule has 7 heteroatoms. The second kappa shape index (κ2) is 8.10. The van der Waals surface area contributed by atoms with Crippen LogP contribution in [0.15, 0.2) is 53.1 Å².